The third kappa shape index (κ3) is 3.99. The minimum absolute atomic E-state index is 0.283. The molecule has 1 saturated heterocycles. The Bertz CT molecular complexity index is 791. The summed E-state index contributed by atoms with van der Waals surface area (Å²) in [5, 5.41) is 2.61. The highest BCUT2D eigenvalue weighted by molar-refractivity contribution is 9.10. The lowest BCUT2D eigenvalue weighted by Crippen LogP contribution is -2.51. The smallest absolute Gasteiger partial charge is 0.313 e. The van der Waals surface area contributed by atoms with Gasteiger partial charge in [0.15, 0.2) is 0 Å². The topological polar surface area (TPSA) is 52.7 Å². The summed E-state index contributed by atoms with van der Waals surface area (Å²) in [5.41, 5.74) is 1.07. The third-order valence-corrected chi connectivity index (χ3v) is 4.77. The zero-order chi connectivity index (χ0) is 17.8. The Morgan fingerprint density at radius 1 is 0.960 bits per heavy atom. The summed E-state index contributed by atoms with van der Waals surface area (Å²) in [6, 6.07) is 13.6. The van der Waals surface area contributed by atoms with Crippen molar-refractivity contribution in [3.63, 3.8) is 0 Å². The Morgan fingerprint density at radius 2 is 1.60 bits per heavy atom. The normalized spacial score (nSPS) is 14.3. The van der Waals surface area contributed by atoms with Crippen LogP contribution in [0, 0.1) is 5.82 Å². The predicted molar refractivity (Wildman–Crippen MR) is 98.0 cm³/mol. The van der Waals surface area contributed by atoms with Crippen molar-refractivity contribution in [3.05, 3.63) is 58.8 Å². The molecule has 0 spiro atoms. The summed E-state index contributed by atoms with van der Waals surface area (Å²) < 4.78 is 14.6. The molecule has 2 aromatic rings. The highest BCUT2D eigenvalue weighted by atomic mass is 79.9. The van der Waals surface area contributed by atoms with Crippen LogP contribution in [0.15, 0.2) is 53.0 Å². The van der Waals surface area contributed by atoms with E-state index in [0.29, 0.717) is 42.0 Å². The third-order valence-electron chi connectivity index (χ3n) is 4.08. The Kier molecular flexibility index (Phi) is 5.33. The second-order valence-electron chi connectivity index (χ2n) is 5.66. The van der Waals surface area contributed by atoms with Gasteiger partial charge in [-0.3, -0.25) is 9.59 Å². The van der Waals surface area contributed by atoms with E-state index in [1.165, 1.54) is 11.0 Å². The summed E-state index contributed by atoms with van der Waals surface area (Å²) >= 11 is 3.33. The van der Waals surface area contributed by atoms with Crippen LogP contribution in [-0.4, -0.2) is 42.9 Å². The molecule has 0 radical (unpaired) electrons. The average Bonchev–Trinajstić information content (AvgIpc) is 2.63. The Hall–Kier alpha value is -2.41. The fourth-order valence-corrected chi connectivity index (χ4v) is 3.12. The summed E-state index contributed by atoms with van der Waals surface area (Å²) in [6.45, 7) is 1.71. The van der Waals surface area contributed by atoms with Gasteiger partial charge in [0.1, 0.15) is 5.82 Å². The lowest BCUT2D eigenvalue weighted by molar-refractivity contribution is -0.143. The van der Waals surface area contributed by atoms with Crippen LogP contribution >= 0.6 is 15.9 Å². The van der Waals surface area contributed by atoms with Crippen molar-refractivity contribution in [2.45, 2.75) is 0 Å². The molecule has 7 heteroatoms. The highest BCUT2D eigenvalue weighted by Crippen LogP contribution is 2.22. The fourth-order valence-electron chi connectivity index (χ4n) is 2.74. The summed E-state index contributed by atoms with van der Waals surface area (Å²) in [4.78, 5) is 27.9. The number of halogens is 2. The van der Waals surface area contributed by atoms with Crippen LogP contribution in [0.1, 0.15) is 0 Å². The number of piperazine rings is 1. The molecule has 1 heterocycles. The molecule has 2 amide bonds. The average molecular weight is 406 g/mol. The Morgan fingerprint density at radius 3 is 2.28 bits per heavy atom. The van der Waals surface area contributed by atoms with Gasteiger partial charge in [-0.25, -0.2) is 4.39 Å². The van der Waals surface area contributed by atoms with E-state index in [4.69, 9.17) is 0 Å². The second kappa shape index (κ2) is 7.65. The van der Waals surface area contributed by atoms with E-state index in [2.05, 4.69) is 21.2 Å². The summed E-state index contributed by atoms with van der Waals surface area (Å²) in [7, 11) is 0. The monoisotopic (exact) mass is 405 g/mol. The number of benzene rings is 2. The highest BCUT2D eigenvalue weighted by Gasteiger charge is 2.27. The number of carbonyl (C=O) groups is 2. The van der Waals surface area contributed by atoms with Crippen molar-refractivity contribution < 1.29 is 14.0 Å². The van der Waals surface area contributed by atoms with E-state index in [-0.39, 0.29) is 5.82 Å². The van der Waals surface area contributed by atoms with Gasteiger partial charge in [-0.15, -0.1) is 0 Å². The summed E-state index contributed by atoms with van der Waals surface area (Å²) in [6.07, 6.45) is 0. The zero-order valence-electron chi connectivity index (χ0n) is 13.4. The maximum absolute atomic E-state index is 13.8. The molecule has 2 aromatic carbocycles. The Labute approximate surface area is 153 Å². The molecule has 0 bridgehead atoms. The number of amides is 2. The summed E-state index contributed by atoms with van der Waals surface area (Å²) in [5.74, 6) is -1.54. The van der Waals surface area contributed by atoms with Crippen molar-refractivity contribution in [2.24, 2.45) is 0 Å². The van der Waals surface area contributed by atoms with Crippen LogP contribution < -0.4 is 10.2 Å². The van der Waals surface area contributed by atoms with Crippen LogP contribution in [-0.2, 0) is 9.59 Å². The standard InChI is InChI=1S/C18H17BrFN3O2/c19-13-5-1-3-7-15(13)21-17(24)18(25)23-11-9-22(10-12-23)16-8-4-2-6-14(16)20/h1-8H,9-12H2,(H,21,24). The number of para-hydroxylation sites is 2. The van der Waals surface area contributed by atoms with E-state index in [1.807, 2.05) is 11.0 Å². The van der Waals surface area contributed by atoms with Crippen LogP contribution in [0.2, 0.25) is 0 Å². The second-order valence-corrected chi connectivity index (χ2v) is 6.52. The van der Waals surface area contributed by atoms with E-state index in [9.17, 15) is 14.0 Å². The molecular weight excluding hydrogens is 389 g/mol. The molecule has 3 rings (SSSR count). The van der Waals surface area contributed by atoms with E-state index in [1.54, 1.807) is 36.4 Å². The van der Waals surface area contributed by atoms with E-state index < -0.39 is 11.8 Å². The van der Waals surface area contributed by atoms with Crippen molar-refractivity contribution >= 4 is 39.1 Å². The molecule has 130 valence electrons. The molecule has 1 N–H and O–H groups in total. The predicted octanol–water partition coefficient (Wildman–Crippen LogP) is 2.88. The lowest BCUT2D eigenvalue weighted by atomic mass is 10.2. The zero-order valence-corrected chi connectivity index (χ0v) is 15.0. The largest absolute Gasteiger partial charge is 0.366 e. The number of hydrogen-bond acceptors (Lipinski definition) is 3. The van der Waals surface area contributed by atoms with Gasteiger partial charge >= 0.3 is 11.8 Å². The molecule has 25 heavy (non-hydrogen) atoms. The molecule has 0 unspecified atom stereocenters. The molecular formula is C18H17BrFN3O2. The molecule has 5 nitrogen and oxygen atoms in total. The van der Waals surface area contributed by atoms with Crippen molar-refractivity contribution in [1.29, 1.82) is 0 Å². The number of rotatable bonds is 2. The molecule has 0 aliphatic carbocycles. The van der Waals surface area contributed by atoms with Gasteiger partial charge in [0.2, 0.25) is 0 Å². The molecule has 0 aromatic heterocycles. The van der Waals surface area contributed by atoms with Gasteiger partial charge in [-0.1, -0.05) is 24.3 Å². The minimum atomic E-state index is -0.675. The number of anilines is 2. The molecule has 0 atom stereocenters. The first-order valence-electron chi connectivity index (χ1n) is 7.90. The first-order valence-corrected chi connectivity index (χ1v) is 8.70. The number of hydrogen-bond donors (Lipinski definition) is 1. The van der Waals surface area contributed by atoms with Crippen LogP contribution in [0.25, 0.3) is 0 Å². The molecule has 1 aliphatic heterocycles. The van der Waals surface area contributed by atoms with Gasteiger partial charge in [0, 0.05) is 30.7 Å². The van der Waals surface area contributed by atoms with Crippen molar-refractivity contribution in [2.75, 3.05) is 36.4 Å². The Balaban J connectivity index is 1.59. The number of carbonyl (C=O) groups excluding carboxylic acids is 2. The first-order chi connectivity index (χ1) is 12.1. The van der Waals surface area contributed by atoms with Crippen molar-refractivity contribution in [1.82, 2.24) is 4.90 Å². The first kappa shape index (κ1) is 17.4. The van der Waals surface area contributed by atoms with Crippen LogP contribution in [0.4, 0.5) is 15.8 Å². The fraction of sp³-hybridized carbons (Fsp3) is 0.222. The minimum Gasteiger partial charge on any atom is -0.366 e. The maximum Gasteiger partial charge on any atom is 0.313 e. The quantitative estimate of drug-likeness (QED) is 0.781. The van der Waals surface area contributed by atoms with Crippen LogP contribution in [0.3, 0.4) is 0 Å². The molecule has 1 fully saturated rings. The van der Waals surface area contributed by atoms with E-state index in [0.717, 1.165) is 0 Å². The van der Waals surface area contributed by atoms with Gasteiger partial charge in [-0.05, 0) is 40.2 Å². The molecule has 0 saturated carbocycles. The van der Waals surface area contributed by atoms with Gasteiger partial charge in [0.25, 0.3) is 0 Å². The van der Waals surface area contributed by atoms with Crippen LogP contribution in [0.5, 0.6) is 0 Å². The van der Waals surface area contributed by atoms with Gasteiger partial charge < -0.3 is 15.1 Å². The van der Waals surface area contributed by atoms with Crippen molar-refractivity contribution in [3.8, 4) is 0 Å². The maximum atomic E-state index is 13.8. The van der Waals surface area contributed by atoms with Gasteiger partial charge in [0.05, 0.1) is 11.4 Å². The van der Waals surface area contributed by atoms with E-state index >= 15 is 0 Å². The molecule has 1 aliphatic rings. The number of nitrogens with zero attached hydrogens (tertiary/aromatic N) is 2. The number of nitrogens with one attached hydrogen (secondary N) is 1. The SMILES string of the molecule is O=C(Nc1ccccc1Br)C(=O)N1CCN(c2ccccc2F)CC1. The lowest BCUT2D eigenvalue weighted by Gasteiger charge is -2.35. The van der Waals surface area contributed by atoms with Gasteiger partial charge in [-0.2, -0.15) is 0 Å².